The van der Waals surface area contributed by atoms with Crippen LogP contribution in [0.25, 0.3) is 0 Å². The van der Waals surface area contributed by atoms with Gasteiger partial charge in [0.25, 0.3) is 0 Å². The van der Waals surface area contributed by atoms with E-state index in [0.29, 0.717) is 12.1 Å². The molecular formula is C23H29FN2O2. The zero-order chi connectivity index (χ0) is 20.5. The maximum Gasteiger partial charge on any atom is 0.242 e. The summed E-state index contributed by atoms with van der Waals surface area (Å²) in [5.74, 6) is -0.804. The van der Waals surface area contributed by atoms with Crippen molar-refractivity contribution in [3.63, 3.8) is 0 Å². The highest BCUT2D eigenvalue weighted by molar-refractivity contribution is 5.88. The molecule has 2 rings (SSSR count). The number of rotatable bonds is 9. The molecule has 0 saturated heterocycles. The molecule has 1 N–H and O–H groups in total. The fraction of sp³-hybridized carbons (Fsp3) is 0.391. The van der Waals surface area contributed by atoms with E-state index in [1.54, 1.807) is 25.1 Å². The third-order valence-electron chi connectivity index (χ3n) is 4.77. The Morgan fingerprint density at radius 3 is 2.43 bits per heavy atom. The molecule has 0 aliphatic heterocycles. The zero-order valence-corrected chi connectivity index (χ0v) is 16.9. The third-order valence-corrected chi connectivity index (χ3v) is 4.77. The zero-order valence-electron chi connectivity index (χ0n) is 16.9. The van der Waals surface area contributed by atoms with Gasteiger partial charge < -0.3 is 10.2 Å². The second-order valence-electron chi connectivity index (χ2n) is 7.10. The van der Waals surface area contributed by atoms with Gasteiger partial charge in [-0.2, -0.15) is 0 Å². The molecule has 28 heavy (non-hydrogen) atoms. The number of carbonyl (C=O) groups excluding carboxylic acids is 2. The summed E-state index contributed by atoms with van der Waals surface area (Å²) in [6.45, 7) is 6.35. The third kappa shape index (κ3) is 6.19. The van der Waals surface area contributed by atoms with Crippen LogP contribution in [0.3, 0.4) is 0 Å². The molecule has 0 aromatic heterocycles. The van der Waals surface area contributed by atoms with E-state index in [1.807, 2.05) is 38.1 Å². The average molecular weight is 384 g/mol. The van der Waals surface area contributed by atoms with Gasteiger partial charge in [-0.25, -0.2) is 4.39 Å². The highest BCUT2D eigenvalue weighted by atomic mass is 19.1. The number of amides is 2. The van der Waals surface area contributed by atoms with E-state index in [9.17, 15) is 14.0 Å². The quantitative estimate of drug-likeness (QED) is 0.664. The van der Waals surface area contributed by atoms with E-state index >= 15 is 0 Å². The van der Waals surface area contributed by atoms with Gasteiger partial charge in [-0.3, -0.25) is 9.59 Å². The summed E-state index contributed by atoms with van der Waals surface area (Å²) in [6.07, 6.45) is 2.02. The standard InChI is InChI=1S/C23H29FN2O2/c1-4-5-14-25-23(28)18(3)26(16-20-8-6-7-9-21(20)24)22(27)15-19-12-10-17(2)11-13-19/h6-13,18H,4-5,14-16H2,1-3H3,(H,25,28). The van der Waals surface area contributed by atoms with Crippen molar-refractivity contribution in [3.8, 4) is 0 Å². The number of hydrogen-bond donors (Lipinski definition) is 1. The average Bonchev–Trinajstić information content (AvgIpc) is 2.68. The Balaban J connectivity index is 2.19. The Bertz CT molecular complexity index is 789. The lowest BCUT2D eigenvalue weighted by molar-refractivity contribution is -0.140. The molecule has 0 aliphatic rings. The molecule has 0 saturated carbocycles. The topological polar surface area (TPSA) is 49.4 Å². The first-order chi connectivity index (χ1) is 13.4. The molecule has 0 spiro atoms. The van der Waals surface area contributed by atoms with Crippen molar-refractivity contribution in [2.45, 2.75) is 52.6 Å². The molecule has 2 aromatic rings. The lowest BCUT2D eigenvalue weighted by Crippen LogP contribution is -2.48. The van der Waals surface area contributed by atoms with Crippen LogP contribution in [-0.2, 0) is 22.6 Å². The predicted molar refractivity (Wildman–Crippen MR) is 109 cm³/mol. The Labute approximate surface area is 166 Å². The van der Waals surface area contributed by atoms with Gasteiger partial charge in [0.05, 0.1) is 6.42 Å². The molecule has 2 aromatic carbocycles. The van der Waals surface area contributed by atoms with Crippen molar-refractivity contribution in [1.82, 2.24) is 10.2 Å². The van der Waals surface area contributed by atoms with Crippen LogP contribution in [0.2, 0.25) is 0 Å². The molecular weight excluding hydrogens is 355 g/mol. The fourth-order valence-electron chi connectivity index (χ4n) is 2.91. The minimum atomic E-state index is -0.686. The van der Waals surface area contributed by atoms with Crippen LogP contribution >= 0.6 is 0 Å². The Morgan fingerprint density at radius 2 is 1.79 bits per heavy atom. The number of halogens is 1. The summed E-state index contributed by atoms with van der Waals surface area (Å²) in [6, 6.07) is 13.4. The van der Waals surface area contributed by atoms with Crippen molar-refractivity contribution < 1.29 is 14.0 Å². The number of carbonyl (C=O) groups is 2. The number of unbranched alkanes of at least 4 members (excludes halogenated alkanes) is 1. The second kappa shape index (κ2) is 10.6. The van der Waals surface area contributed by atoms with Gasteiger partial charge in [-0.1, -0.05) is 61.4 Å². The SMILES string of the molecule is CCCCNC(=O)C(C)N(Cc1ccccc1F)C(=O)Cc1ccc(C)cc1. The number of nitrogens with one attached hydrogen (secondary N) is 1. The van der Waals surface area contributed by atoms with Gasteiger partial charge in [0.1, 0.15) is 11.9 Å². The van der Waals surface area contributed by atoms with Crippen molar-refractivity contribution in [2.75, 3.05) is 6.54 Å². The molecule has 0 radical (unpaired) electrons. The van der Waals surface area contributed by atoms with Crippen LogP contribution in [0.5, 0.6) is 0 Å². The number of benzene rings is 2. The van der Waals surface area contributed by atoms with E-state index < -0.39 is 6.04 Å². The fourth-order valence-corrected chi connectivity index (χ4v) is 2.91. The van der Waals surface area contributed by atoms with Crippen LogP contribution < -0.4 is 5.32 Å². The minimum absolute atomic E-state index is 0.0553. The van der Waals surface area contributed by atoms with E-state index in [2.05, 4.69) is 5.32 Å². The minimum Gasteiger partial charge on any atom is -0.354 e. The molecule has 1 unspecified atom stereocenters. The van der Waals surface area contributed by atoms with Gasteiger partial charge in [0.15, 0.2) is 0 Å². The van der Waals surface area contributed by atoms with Crippen LogP contribution in [0, 0.1) is 12.7 Å². The monoisotopic (exact) mass is 384 g/mol. The largest absolute Gasteiger partial charge is 0.354 e. The molecule has 5 heteroatoms. The number of nitrogens with zero attached hydrogens (tertiary/aromatic N) is 1. The molecule has 2 amide bonds. The molecule has 0 fully saturated rings. The van der Waals surface area contributed by atoms with Crippen molar-refractivity contribution in [2.24, 2.45) is 0 Å². The highest BCUT2D eigenvalue weighted by Crippen LogP contribution is 2.15. The number of hydrogen-bond acceptors (Lipinski definition) is 2. The van der Waals surface area contributed by atoms with E-state index in [4.69, 9.17) is 0 Å². The summed E-state index contributed by atoms with van der Waals surface area (Å²) in [7, 11) is 0. The van der Waals surface area contributed by atoms with Crippen LogP contribution in [0.15, 0.2) is 48.5 Å². The molecule has 150 valence electrons. The van der Waals surface area contributed by atoms with Gasteiger partial charge in [0, 0.05) is 18.7 Å². The smallest absolute Gasteiger partial charge is 0.242 e. The second-order valence-corrected chi connectivity index (χ2v) is 7.10. The molecule has 0 aliphatic carbocycles. The number of aryl methyl sites for hydroxylation is 1. The summed E-state index contributed by atoms with van der Waals surface area (Å²) < 4.78 is 14.2. The predicted octanol–water partition coefficient (Wildman–Crippen LogP) is 4.01. The Morgan fingerprint density at radius 1 is 1.11 bits per heavy atom. The van der Waals surface area contributed by atoms with Crippen molar-refractivity contribution in [3.05, 3.63) is 71.0 Å². The highest BCUT2D eigenvalue weighted by Gasteiger charge is 2.26. The van der Waals surface area contributed by atoms with Crippen molar-refractivity contribution >= 4 is 11.8 Å². The Kier molecular flexibility index (Phi) is 8.18. The van der Waals surface area contributed by atoms with Crippen LogP contribution in [0.1, 0.15) is 43.4 Å². The first kappa shape index (κ1) is 21.6. The van der Waals surface area contributed by atoms with Gasteiger partial charge in [-0.05, 0) is 31.9 Å². The lowest BCUT2D eigenvalue weighted by Gasteiger charge is -2.29. The molecule has 0 bridgehead atoms. The summed E-state index contributed by atoms with van der Waals surface area (Å²) in [4.78, 5) is 27.0. The summed E-state index contributed by atoms with van der Waals surface area (Å²) in [5.41, 5.74) is 2.38. The summed E-state index contributed by atoms with van der Waals surface area (Å²) >= 11 is 0. The van der Waals surface area contributed by atoms with Gasteiger partial charge in [-0.15, -0.1) is 0 Å². The summed E-state index contributed by atoms with van der Waals surface area (Å²) in [5, 5.41) is 2.86. The maximum atomic E-state index is 14.2. The normalized spacial score (nSPS) is 11.7. The first-order valence-electron chi connectivity index (χ1n) is 9.78. The van der Waals surface area contributed by atoms with Crippen molar-refractivity contribution in [1.29, 1.82) is 0 Å². The van der Waals surface area contributed by atoms with E-state index in [-0.39, 0.29) is 30.6 Å². The van der Waals surface area contributed by atoms with E-state index in [1.165, 1.54) is 11.0 Å². The lowest BCUT2D eigenvalue weighted by atomic mass is 10.1. The van der Waals surface area contributed by atoms with Crippen LogP contribution in [0.4, 0.5) is 4.39 Å². The van der Waals surface area contributed by atoms with E-state index in [0.717, 1.165) is 24.0 Å². The van der Waals surface area contributed by atoms with Crippen LogP contribution in [-0.4, -0.2) is 29.3 Å². The molecule has 1 atom stereocenters. The Hall–Kier alpha value is -2.69. The first-order valence-corrected chi connectivity index (χ1v) is 9.78. The van der Waals surface area contributed by atoms with Gasteiger partial charge in [0.2, 0.25) is 11.8 Å². The maximum absolute atomic E-state index is 14.2. The molecule has 0 heterocycles. The molecule has 4 nitrogen and oxygen atoms in total. The van der Waals surface area contributed by atoms with Gasteiger partial charge >= 0.3 is 0 Å².